The quantitative estimate of drug-likeness (QED) is 0.439. The molecule has 5 nitrogen and oxygen atoms in total. The van der Waals surface area contributed by atoms with Crippen LogP contribution in [-0.2, 0) is 14.3 Å². The largest absolute Gasteiger partial charge is 0.448 e. The van der Waals surface area contributed by atoms with Crippen LogP contribution in [0.5, 0.6) is 0 Å². The van der Waals surface area contributed by atoms with Crippen molar-refractivity contribution in [3.8, 4) is 6.07 Å². The van der Waals surface area contributed by atoms with Crippen molar-refractivity contribution in [2.45, 2.75) is 32.8 Å². The maximum absolute atomic E-state index is 13.6. The van der Waals surface area contributed by atoms with Crippen LogP contribution in [0.15, 0.2) is 48.0 Å². The van der Waals surface area contributed by atoms with Gasteiger partial charge in [0.1, 0.15) is 23.3 Å². The number of rotatable bonds is 6. The summed E-state index contributed by atoms with van der Waals surface area (Å²) in [5.74, 6) is -3.08. The van der Waals surface area contributed by atoms with E-state index in [1.54, 1.807) is 18.2 Å². The predicted molar refractivity (Wildman–Crippen MR) is 105 cm³/mol. The van der Waals surface area contributed by atoms with E-state index in [4.69, 9.17) is 4.74 Å². The van der Waals surface area contributed by atoms with Crippen LogP contribution >= 0.6 is 0 Å². The van der Waals surface area contributed by atoms with Gasteiger partial charge in [-0.15, -0.1) is 0 Å². The fourth-order valence-electron chi connectivity index (χ4n) is 2.39. The van der Waals surface area contributed by atoms with Crippen LogP contribution < -0.4 is 5.32 Å². The summed E-state index contributed by atoms with van der Waals surface area (Å²) in [6.45, 7) is 5.35. The topological polar surface area (TPSA) is 79.2 Å². The molecular weight excluding hydrogens is 378 g/mol. The first-order valence-electron chi connectivity index (χ1n) is 8.90. The lowest BCUT2D eigenvalue weighted by Crippen LogP contribution is -2.30. The smallest absolute Gasteiger partial charge is 0.349 e. The van der Waals surface area contributed by atoms with Gasteiger partial charge < -0.3 is 10.1 Å². The lowest BCUT2D eigenvalue weighted by Gasteiger charge is -2.13. The molecule has 0 fully saturated rings. The van der Waals surface area contributed by atoms with Gasteiger partial charge in [0.25, 0.3) is 5.91 Å². The van der Waals surface area contributed by atoms with Crippen molar-refractivity contribution >= 4 is 23.6 Å². The molecule has 150 valence electrons. The van der Waals surface area contributed by atoms with Gasteiger partial charge in [-0.1, -0.05) is 38.1 Å². The average molecular weight is 398 g/mol. The molecular formula is C22H20F2N2O3. The van der Waals surface area contributed by atoms with Gasteiger partial charge in [0, 0.05) is 6.07 Å². The van der Waals surface area contributed by atoms with Gasteiger partial charge in [-0.3, -0.25) is 4.79 Å². The summed E-state index contributed by atoms with van der Waals surface area (Å²) < 4.78 is 31.8. The summed E-state index contributed by atoms with van der Waals surface area (Å²) >= 11 is 0. The minimum Gasteiger partial charge on any atom is -0.448 e. The van der Waals surface area contributed by atoms with E-state index >= 15 is 0 Å². The van der Waals surface area contributed by atoms with Crippen LogP contribution in [0.2, 0.25) is 0 Å². The molecule has 0 bridgehead atoms. The Morgan fingerprint density at radius 3 is 2.34 bits per heavy atom. The number of carbonyl (C=O) groups excluding carboxylic acids is 2. The molecule has 1 N–H and O–H groups in total. The lowest BCUT2D eigenvalue weighted by atomic mass is 10.0. The number of halogens is 2. The van der Waals surface area contributed by atoms with E-state index in [9.17, 15) is 23.6 Å². The molecule has 0 unspecified atom stereocenters. The van der Waals surface area contributed by atoms with Crippen LogP contribution in [-0.4, -0.2) is 18.0 Å². The molecule has 0 aromatic heterocycles. The Kier molecular flexibility index (Phi) is 7.21. The number of esters is 1. The molecule has 0 radical (unpaired) electrons. The van der Waals surface area contributed by atoms with E-state index in [0.29, 0.717) is 11.5 Å². The Morgan fingerprint density at radius 1 is 1.10 bits per heavy atom. The molecule has 2 rings (SSSR count). The number of nitriles is 1. The van der Waals surface area contributed by atoms with E-state index in [0.717, 1.165) is 23.8 Å². The van der Waals surface area contributed by atoms with Crippen LogP contribution in [0.4, 0.5) is 14.5 Å². The molecule has 0 saturated carbocycles. The van der Waals surface area contributed by atoms with Gasteiger partial charge in [-0.25, -0.2) is 13.6 Å². The minimum atomic E-state index is -1.33. The zero-order valence-electron chi connectivity index (χ0n) is 16.2. The highest BCUT2D eigenvalue weighted by Gasteiger charge is 2.21. The third-order valence-corrected chi connectivity index (χ3v) is 4.09. The number of amides is 1. The number of anilines is 1. The Hall–Kier alpha value is -3.53. The highest BCUT2D eigenvalue weighted by atomic mass is 19.1. The van der Waals surface area contributed by atoms with E-state index in [-0.39, 0.29) is 11.3 Å². The highest BCUT2D eigenvalue weighted by molar-refractivity contribution is 6.01. The molecule has 2 aromatic carbocycles. The van der Waals surface area contributed by atoms with Gasteiger partial charge in [0.2, 0.25) is 0 Å². The van der Waals surface area contributed by atoms with Gasteiger partial charge in [0.15, 0.2) is 6.10 Å². The van der Waals surface area contributed by atoms with E-state index < -0.39 is 29.6 Å². The van der Waals surface area contributed by atoms with Gasteiger partial charge in [-0.05, 0) is 42.2 Å². The number of hydrogen-bond acceptors (Lipinski definition) is 4. The van der Waals surface area contributed by atoms with E-state index in [2.05, 4.69) is 5.32 Å². The highest BCUT2D eigenvalue weighted by Crippen LogP contribution is 2.18. The summed E-state index contributed by atoms with van der Waals surface area (Å²) in [5.41, 5.74) is 1.07. The third kappa shape index (κ3) is 5.98. The predicted octanol–water partition coefficient (Wildman–Crippen LogP) is 4.57. The minimum absolute atomic E-state index is 0.293. The van der Waals surface area contributed by atoms with Crippen molar-refractivity contribution in [2.75, 3.05) is 5.32 Å². The molecule has 1 atom stereocenters. The summed E-state index contributed by atoms with van der Waals surface area (Å²) in [4.78, 5) is 24.3. The van der Waals surface area contributed by atoms with Crippen molar-refractivity contribution in [3.63, 3.8) is 0 Å². The number of ether oxygens (including phenoxy) is 1. The first-order chi connectivity index (χ1) is 13.7. The fourth-order valence-corrected chi connectivity index (χ4v) is 2.39. The Balaban J connectivity index is 2.07. The van der Waals surface area contributed by atoms with Gasteiger partial charge >= 0.3 is 5.97 Å². The summed E-state index contributed by atoms with van der Waals surface area (Å²) in [6.07, 6.45) is 0.0220. The van der Waals surface area contributed by atoms with E-state index in [1.807, 2.05) is 26.0 Å². The second kappa shape index (κ2) is 9.60. The number of nitrogens with zero attached hydrogens (tertiary/aromatic N) is 1. The van der Waals surface area contributed by atoms with Crippen molar-refractivity contribution in [1.29, 1.82) is 5.26 Å². The fraction of sp³-hybridized carbons (Fsp3) is 0.227. The number of benzene rings is 2. The van der Waals surface area contributed by atoms with Crippen LogP contribution in [0, 0.1) is 23.0 Å². The molecule has 29 heavy (non-hydrogen) atoms. The van der Waals surface area contributed by atoms with Crippen LogP contribution in [0.1, 0.15) is 37.8 Å². The number of nitrogens with one attached hydrogen (secondary N) is 1. The van der Waals surface area contributed by atoms with Crippen molar-refractivity contribution < 1.29 is 23.1 Å². The Morgan fingerprint density at radius 2 is 1.76 bits per heavy atom. The lowest BCUT2D eigenvalue weighted by molar-refractivity contribution is -0.148. The maximum Gasteiger partial charge on any atom is 0.349 e. The molecule has 1 amide bonds. The van der Waals surface area contributed by atoms with Crippen LogP contribution in [0.25, 0.3) is 6.08 Å². The molecule has 2 aromatic rings. The van der Waals surface area contributed by atoms with Gasteiger partial charge in [0.05, 0.1) is 5.69 Å². The van der Waals surface area contributed by atoms with Crippen molar-refractivity contribution in [2.24, 2.45) is 0 Å². The summed E-state index contributed by atoms with van der Waals surface area (Å²) in [6, 6.07) is 11.6. The van der Waals surface area contributed by atoms with Gasteiger partial charge in [-0.2, -0.15) is 5.26 Å². The first kappa shape index (κ1) is 21.8. The monoisotopic (exact) mass is 398 g/mol. The number of carbonyl (C=O) groups is 2. The third-order valence-electron chi connectivity index (χ3n) is 4.09. The van der Waals surface area contributed by atoms with Crippen molar-refractivity contribution in [3.05, 3.63) is 70.8 Å². The second-order valence-electron chi connectivity index (χ2n) is 6.65. The first-order valence-corrected chi connectivity index (χ1v) is 8.90. The van der Waals surface area contributed by atoms with Crippen LogP contribution in [0.3, 0.4) is 0 Å². The zero-order valence-corrected chi connectivity index (χ0v) is 16.2. The molecule has 0 saturated heterocycles. The molecule has 0 aliphatic rings. The number of hydrogen-bond donors (Lipinski definition) is 1. The standard InChI is InChI=1S/C22H20F2N2O3/c1-13(2)16-6-4-15(5-7-16)10-17(12-25)22(28)29-14(3)21(27)26-20-11-18(23)8-9-19(20)24/h4-11,13-14H,1-3H3,(H,26,27)/b17-10+/t14-/m1/s1. The molecule has 0 aliphatic carbocycles. The average Bonchev–Trinajstić information content (AvgIpc) is 2.68. The Labute approximate surface area is 167 Å². The Bertz CT molecular complexity index is 977. The van der Waals surface area contributed by atoms with Crippen molar-refractivity contribution in [1.82, 2.24) is 0 Å². The second-order valence-corrected chi connectivity index (χ2v) is 6.65. The normalized spacial score (nSPS) is 12.2. The summed E-state index contributed by atoms with van der Waals surface area (Å²) in [5, 5.41) is 11.4. The molecule has 7 heteroatoms. The SMILES string of the molecule is CC(C)c1ccc(/C=C(\C#N)C(=O)O[C@H](C)C(=O)Nc2cc(F)ccc2F)cc1. The summed E-state index contributed by atoms with van der Waals surface area (Å²) in [7, 11) is 0. The maximum atomic E-state index is 13.6. The molecule has 0 spiro atoms. The molecule has 0 heterocycles. The van der Waals surface area contributed by atoms with E-state index in [1.165, 1.54) is 13.0 Å². The molecule has 0 aliphatic heterocycles. The zero-order chi connectivity index (χ0) is 21.6.